The number of benzene rings is 2. The van der Waals surface area contributed by atoms with Gasteiger partial charge in [-0.1, -0.05) is 17.7 Å². The predicted octanol–water partition coefficient (Wildman–Crippen LogP) is 3.79. The zero-order chi connectivity index (χ0) is 13.2. The maximum Gasteiger partial charge on any atom is 0.332 e. The van der Waals surface area contributed by atoms with Crippen LogP contribution >= 0.6 is 11.6 Å². The standard InChI is InChI=1S/C12H8ClFO3S/c13-9-2-1-3-11(8-9)17-10-4-6-12(7-5-10)18(14,15)16/h1-8H. The maximum absolute atomic E-state index is 12.6. The van der Waals surface area contributed by atoms with Crippen molar-refractivity contribution in [2.45, 2.75) is 4.90 Å². The van der Waals surface area contributed by atoms with E-state index in [2.05, 4.69) is 0 Å². The van der Waals surface area contributed by atoms with Crippen LogP contribution < -0.4 is 4.74 Å². The van der Waals surface area contributed by atoms with Crippen molar-refractivity contribution in [1.29, 1.82) is 0 Å². The molecule has 0 aliphatic carbocycles. The van der Waals surface area contributed by atoms with Crippen molar-refractivity contribution in [3.8, 4) is 11.5 Å². The quantitative estimate of drug-likeness (QED) is 0.806. The minimum Gasteiger partial charge on any atom is -0.457 e. The molecule has 18 heavy (non-hydrogen) atoms. The monoisotopic (exact) mass is 286 g/mol. The van der Waals surface area contributed by atoms with Crippen LogP contribution in [0.25, 0.3) is 0 Å². The fourth-order valence-electron chi connectivity index (χ4n) is 1.34. The van der Waals surface area contributed by atoms with Crippen molar-refractivity contribution in [3.63, 3.8) is 0 Å². The first-order chi connectivity index (χ1) is 8.45. The van der Waals surface area contributed by atoms with Gasteiger partial charge in [0.15, 0.2) is 0 Å². The summed E-state index contributed by atoms with van der Waals surface area (Å²) in [4.78, 5) is -0.402. The highest BCUT2D eigenvalue weighted by Gasteiger charge is 2.11. The van der Waals surface area contributed by atoms with Crippen LogP contribution in [0.5, 0.6) is 11.5 Å². The fraction of sp³-hybridized carbons (Fsp3) is 0. The topological polar surface area (TPSA) is 43.4 Å². The predicted molar refractivity (Wildman–Crippen MR) is 66.3 cm³/mol. The van der Waals surface area contributed by atoms with Gasteiger partial charge in [-0.3, -0.25) is 0 Å². The summed E-state index contributed by atoms with van der Waals surface area (Å²) >= 11 is 5.79. The summed E-state index contributed by atoms with van der Waals surface area (Å²) < 4.78 is 39.3. The molecule has 0 spiro atoms. The Balaban J connectivity index is 2.21. The van der Waals surface area contributed by atoms with E-state index in [1.165, 1.54) is 12.1 Å². The molecule has 0 fully saturated rings. The van der Waals surface area contributed by atoms with E-state index < -0.39 is 15.1 Å². The van der Waals surface area contributed by atoms with Crippen LogP contribution in [0.3, 0.4) is 0 Å². The Hall–Kier alpha value is -1.59. The first kappa shape index (κ1) is 12.9. The zero-order valence-corrected chi connectivity index (χ0v) is 10.6. The molecule has 0 aliphatic heterocycles. The highest BCUT2D eigenvalue weighted by molar-refractivity contribution is 7.86. The first-order valence-corrected chi connectivity index (χ1v) is 6.69. The van der Waals surface area contributed by atoms with Crippen molar-refractivity contribution < 1.29 is 17.0 Å². The first-order valence-electron chi connectivity index (χ1n) is 4.93. The summed E-state index contributed by atoms with van der Waals surface area (Å²) in [5, 5.41) is 0.524. The van der Waals surface area contributed by atoms with Crippen LogP contribution in [-0.2, 0) is 10.2 Å². The van der Waals surface area contributed by atoms with E-state index in [0.717, 1.165) is 12.1 Å². The normalized spacial score (nSPS) is 11.2. The molecule has 94 valence electrons. The third-order valence-corrected chi connectivity index (χ3v) is 3.21. The number of rotatable bonds is 3. The molecule has 0 N–H and O–H groups in total. The molecule has 0 saturated carbocycles. The molecule has 0 unspecified atom stereocenters. The van der Waals surface area contributed by atoms with Gasteiger partial charge in [-0.25, -0.2) is 0 Å². The van der Waals surface area contributed by atoms with Crippen LogP contribution in [0.2, 0.25) is 5.02 Å². The highest BCUT2D eigenvalue weighted by Crippen LogP contribution is 2.25. The van der Waals surface area contributed by atoms with Gasteiger partial charge in [0, 0.05) is 5.02 Å². The van der Waals surface area contributed by atoms with E-state index in [1.807, 2.05) is 0 Å². The second kappa shape index (κ2) is 4.96. The van der Waals surface area contributed by atoms with E-state index in [1.54, 1.807) is 24.3 Å². The average Bonchev–Trinajstić information content (AvgIpc) is 2.28. The third kappa shape index (κ3) is 3.21. The zero-order valence-electron chi connectivity index (χ0n) is 9.01. The summed E-state index contributed by atoms with van der Waals surface area (Å²) in [6, 6.07) is 11.7. The van der Waals surface area contributed by atoms with Crippen molar-refractivity contribution in [3.05, 3.63) is 53.6 Å². The van der Waals surface area contributed by atoms with Gasteiger partial charge in [-0.05, 0) is 42.5 Å². The van der Waals surface area contributed by atoms with Gasteiger partial charge in [0.2, 0.25) is 0 Å². The number of ether oxygens (including phenoxy) is 1. The van der Waals surface area contributed by atoms with Crippen molar-refractivity contribution >= 4 is 21.8 Å². The minimum absolute atomic E-state index is 0.393. The van der Waals surface area contributed by atoms with Crippen molar-refractivity contribution in [2.75, 3.05) is 0 Å². The van der Waals surface area contributed by atoms with Gasteiger partial charge < -0.3 is 4.74 Å². The van der Waals surface area contributed by atoms with E-state index in [4.69, 9.17) is 16.3 Å². The van der Waals surface area contributed by atoms with E-state index >= 15 is 0 Å². The summed E-state index contributed by atoms with van der Waals surface area (Å²) in [5.41, 5.74) is 0. The maximum atomic E-state index is 12.6. The Bertz CT molecular complexity index is 653. The summed E-state index contributed by atoms with van der Waals surface area (Å²) in [6.07, 6.45) is 0. The molecule has 3 nitrogen and oxygen atoms in total. The molecule has 0 aliphatic rings. The van der Waals surface area contributed by atoms with Gasteiger partial charge in [-0.15, -0.1) is 3.89 Å². The van der Waals surface area contributed by atoms with Crippen LogP contribution in [-0.4, -0.2) is 8.42 Å². The molecule has 0 amide bonds. The highest BCUT2D eigenvalue weighted by atomic mass is 35.5. The summed E-state index contributed by atoms with van der Waals surface area (Å²) in [5.74, 6) is 0.906. The molecule has 0 saturated heterocycles. The van der Waals surface area contributed by atoms with E-state index in [-0.39, 0.29) is 0 Å². The van der Waals surface area contributed by atoms with Crippen molar-refractivity contribution in [1.82, 2.24) is 0 Å². The molecule has 0 atom stereocenters. The molecular formula is C12H8ClFO3S. The van der Waals surface area contributed by atoms with Crippen molar-refractivity contribution in [2.24, 2.45) is 0 Å². The molecule has 2 rings (SSSR count). The average molecular weight is 287 g/mol. The molecule has 0 aromatic heterocycles. The van der Waals surface area contributed by atoms with E-state index in [0.29, 0.717) is 16.5 Å². The Labute approximate surface area is 109 Å². The Morgan fingerprint density at radius 3 is 2.22 bits per heavy atom. The molecule has 2 aromatic rings. The van der Waals surface area contributed by atoms with Crippen LogP contribution in [0.4, 0.5) is 3.89 Å². The Kier molecular flexibility index (Phi) is 3.54. The molecule has 0 radical (unpaired) electrons. The van der Waals surface area contributed by atoms with Crippen LogP contribution in [0.1, 0.15) is 0 Å². The Morgan fingerprint density at radius 1 is 1.00 bits per heavy atom. The fourth-order valence-corrected chi connectivity index (χ4v) is 1.98. The smallest absolute Gasteiger partial charge is 0.332 e. The molecular weight excluding hydrogens is 279 g/mol. The lowest BCUT2D eigenvalue weighted by molar-refractivity contribution is 0.482. The largest absolute Gasteiger partial charge is 0.457 e. The van der Waals surface area contributed by atoms with Gasteiger partial charge in [0.05, 0.1) is 4.90 Å². The molecule has 0 bridgehead atoms. The minimum atomic E-state index is -4.68. The SMILES string of the molecule is O=S(=O)(F)c1ccc(Oc2cccc(Cl)c2)cc1. The lowest BCUT2D eigenvalue weighted by atomic mass is 10.3. The second-order valence-corrected chi connectivity index (χ2v) is 5.25. The van der Waals surface area contributed by atoms with E-state index in [9.17, 15) is 12.3 Å². The molecule has 2 aromatic carbocycles. The van der Waals surface area contributed by atoms with Gasteiger partial charge in [0.25, 0.3) is 0 Å². The lowest BCUT2D eigenvalue weighted by Crippen LogP contribution is -1.91. The van der Waals surface area contributed by atoms with Gasteiger partial charge in [0.1, 0.15) is 11.5 Å². The number of halogens is 2. The lowest BCUT2D eigenvalue weighted by Gasteiger charge is -2.05. The third-order valence-electron chi connectivity index (χ3n) is 2.14. The molecule has 6 heteroatoms. The van der Waals surface area contributed by atoms with Crippen LogP contribution in [0, 0.1) is 0 Å². The van der Waals surface area contributed by atoms with Gasteiger partial charge >= 0.3 is 10.2 Å². The molecule has 0 heterocycles. The number of hydrogen-bond acceptors (Lipinski definition) is 3. The van der Waals surface area contributed by atoms with Crippen LogP contribution in [0.15, 0.2) is 53.4 Å². The summed E-state index contributed by atoms with van der Waals surface area (Å²) in [7, 11) is -4.68. The second-order valence-electron chi connectivity index (χ2n) is 3.47. The summed E-state index contributed by atoms with van der Waals surface area (Å²) in [6.45, 7) is 0. The Morgan fingerprint density at radius 2 is 1.67 bits per heavy atom. The van der Waals surface area contributed by atoms with Gasteiger partial charge in [-0.2, -0.15) is 8.42 Å². The number of hydrogen-bond donors (Lipinski definition) is 0.